The van der Waals surface area contributed by atoms with Crippen molar-refractivity contribution in [3.8, 4) is 39.1 Å². The van der Waals surface area contributed by atoms with Gasteiger partial charge in [-0.15, -0.1) is 0 Å². The fraction of sp³-hybridized carbons (Fsp3) is 0. The number of fused-ring (bicyclic) bond motifs is 4. The Kier molecular flexibility index (Phi) is 8.04. The van der Waals surface area contributed by atoms with Gasteiger partial charge in [-0.1, -0.05) is 152 Å². The van der Waals surface area contributed by atoms with Crippen LogP contribution in [-0.2, 0) is 0 Å². The lowest BCUT2D eigenvalue weighted by Gasteiger charge is -2.28. The molecule has 10 aromatic rings. The van der Waals surface area contributed by atoms with Crippen molar-refractivity contribution in [2.24, 2.45) is 0 Å². The van der Waals surface area contributed by atoms with Crippen LogP contribution in [0.2, 0.25) is 0 Å². The average molecular weight is 707 g/mol. The Morgan fingerprint density at radius 1 is 0.382 bits per heavy atom. The normalized spacial score (nSPS) is 11.4. The number of rotatable bonds is 7. The molecule has 0 bridgehead atoms. The second-order valence-electron chi connectivity index (χ2n) is 13.9. The molecule has 0 spiro atoms. The third-order valence-corrected chi connectivity index (χ3v) is 10.7. The standard InChI is InChI=1S/C52H35FN2/c53-41-18-10-17-40(35-41)45-22-12-16-39-15-11-21-44(52(39)45)38-29-33-43(34-30-38)54(42-31-27-37(28-32-42)36-13-2-1-3-14-36)50-25-8-9-26-51(50)55-48-23-6-4-19-46(48)47-20-5-7-24-49(47)55/h1-35H. The fourth-order valence-corrected chi connectivity index (χ4v) is 8.15. The molecule has 0 unspecified atom stereocenters. The lowest BCUT2D eigenvalue weighted by molar-refractivity contribution is 0.628. The van der Waals surface area contributed by atoms with Gasteiger partial charge >= 0.3 is 0 Å². The van der Waals surface area contributed by atoms with E-state index in [-0.39, 0.29) is 5.82 Å². The zero-order valence-corrected chi connectivity index (χ0v) is 30.0. The van der Waals surface area contributed by atoms with Crippen molar-refractivity contribution in [2.45, 2.75) is 0 Å². The molecule has 0 N–H and O–H groups in total. The average Bonchev–Trinajstić information content (AvgIpc) is 3.59. The SMILES string of the molecule is Fc1cccc(-c2cccc3cccc(-c4ccc(N(c5ccc(-c6ccccc6)cc5)c5ccccc5-n5c6ccccc6c6ccccc65)cc4)c23)c1. The largest absolute Gasteiger partial charge is 0.308 e. The van der Waals surface area contributed by atoms with Crippen LogP contribution in [0.3, 0.4) is 0 Å². The molecule has 1 aromatic heterocycles. The Labute approximate surface area is 319 Å². The van der Waals surface area contributed by atoms with E-state index in [9.17, 15) is 4.39 Å². The van der Waals surface area contributed by atoms with Gasteiger partial charge in [0.15, 0.2) is 0 Å². The molecule has 2 nitrogen and oxygen atoms in total. The van der Waals surface area contributed by atoms with Gasteiger partial charge < -0.3 is 9.47 Å². The van der Waals surface area contributed by atoms with E-state index in [1.165, 1.54) is 28.0 Å². The van der Waals surface area contributed by atoms with Gasteiger partial charge in [-0.3, -0.25) is 0 Å². The van der Waals surface area contributed by atoms with E-state index in [0.717, 1.165) is 66.8 Å². The molecule has 1 heterocycles. The van der Waals surface area contributed by atoms with E-state index in [1.807, 2.05) is 12.1 Å². The first kappa shape index (κ1) is 32.4. The topological polar surface area (TPSA) is 8.17 Å². The summed E-state index contributed by atoms with van der Waals surface area (Å²) in [6.07, 6.45) is 0. The number of anilines is 3. The molecule has 10 rings (SSSR count). The molecule has 0 atom stereocenters. The molecule has 3 heteroatoms. The Balaban J connectivity index is 1.15. The number of para-hydroxylation sites is 4. The summed E-state index contributed by atoms with van der Waals surface area (Å²) in [6, 6.07) is 73.7. The minimum absolute atomic E-state index is 0.241. The van der Waals surface area contributed by atoms with E-state index in [2.05, 4.69) is 191 Å². The van der Waals surface area contributed by atoms with Gasteiger partial charge in [0.25, 0.3) is 0 Å². The first-order chi connectivity index (χ1) is 27.2. The van der Waals surface area contributed by atoms with E-state index >= 15 is 0 Å². The number of hydrogen-bond donors (Lipinski definition) is 0. The molecule has 0 aliphatic rings. The zero-order chi connectivity index (χ0) is 36.7. The maximum atomic E-state index is 14.5. The highest BCUT2D eigenvalue weighted by Gasteiger charge is 2.21. The zero-order valence-electron chi connectivity index (χ0n) is 30.0. The van der Waals surface area contributed by atoms with Gasteiger partial charge in [0, 0.05) is 22.1 Å². The number of halogens is 1. The third kappa shape index (κ3) is 5.74. The van der Waals surface area contributed by atoms with Crippen molar-refractivity contribution >= 4 is 49.6 Å². The van der Waals surface area contributed by atoms with E-state index in [0.29, 0.717) is 0 Å². The van der Waals surface area contributed by atoms with Crippen LogP contribution in [0.4, 0.5) is 21.5 Å². The molecule has 9 aromatic carbocycles. The van der Waals surface area contributed by atoms with E-state index in [1.54, 1.807) is 12.1 Å². The minimum Gasteiger partial charge on any atom is -0.308 e. The maximum absolute atomic E-state index is 14.5. The molecule has 0 radical (unpaired) electrons. The van der Waals surface area contributed by atoms with Gasteiger partial charge in [-0.05, 0) is 105 Å². The van der Waals surface area contributed by atoms with Crippen molar-refractivity contribution in [1.29, 1.82) is 0 Å². The summed E-state index contributed by atoms with van der Waals surface area (Å²) in [4.78, 5) is 2.36. The fourth-order valence-electron chi connectivity index (χ4n) is 8.15. The molecule has 0 saturated carbocycles. The quantitative estimate of drug-likeness (QED) is 0.160. The molecular formula is C52H35FN2. The van der Waals surface area contributed by atoms with Crippen LogP contribution in [0.5, 0.6) is 0 Å². The van der Waals surface area contributed by atoms with Crippen LogP contribution >= 0.6 is 0 Å². The predicted octanol–water partition coefficient (Wildman–Crippen LogP) is 14.5. The highest BCUT2D eigenvalue weighted by molar-refractivity contribution is 6.10. The molecule has 0 aliphatic carbocycles. The monoisotopic (exact) mass is 706 g/mol. The minimum atomic E-state index is -0.241. The van der Waals surface area contributed by atoms with Crippen molar-refractivity contribution in [3.63, 3.8) is 0 Å². The van der Waals surface area contributed by atoms with Crippen LogP contribution in [0, 0.1) is 5.82 Å². The Morgan fingerprint density at radius 2 is 0.891 bits per heavy atom. The van der Waals surface area contributed by atoms with Gasteiger partial charge in [-0.25, -0.2) is 4.39 Å². The maximum Gasteiger partial charge on any atom is 0.123 e. The molecule has 55 heavy (non-hydrogen) atoms. The number of aromatic nitrogens is 1. The van der Waals surface area contributed by atoms with Gasteiger partial charge in [-0.2, -0.15) is 0 Å². The lowest BCUT2D eigenvalue weighted by atomic mass is 9.91. The summed E-state index contributed by atoms with van der Waals surface area (Å²) in [5, 5.41) is 4.67. The first-order valence-electron chi connectivity index (χ1n) is 18.6. The van der Waals surface area contributed by atoms with Crippen molar-refractivity contribution in [2.75, 3.05) is 4.90 Å². The Bertz CT molecular complexity index is 2920. The molecular weight excluding hydrogens is 672 g/mol. The molecule has 0 saturated heterocycles. The molecule has 0 fully saturated rings. The number of benzene rings is 9. The van der Waals surface area contributed by atoms with Crippen LogP contribution < -0.4 is 4.90 Å². The highest BCUT2D eigenvalue weighted by atomic mass is 19.1. The molecule has 260 valence electrons. The summed E-state index contributed by atoms with van der Waals surface area (Å²) >= 11 is 0. The number of hydrogen-bond acceptors (Lipinski definition) is 1. The van der Waals surface area contributed by atoms with E-state index in [4.69, 9.17) is 0 Å². The smallest absolute Gasteiger partial charge is 0.123 e. The van der Waals surface area contributed by atoms with Crippen LogP contribution in [0.25, 0.3) is 71.6 Å². The first-order valence-corrected chi connectivity index (χ1v) is 18.6. The van der Waals surface area contributed by atoms with Crippen LogP contribution in [0.1, 0.15) is 0 Å². The van der Waals surface area contributed by atoms with Crippen molar-refractivity contribution in [1.82, 2.24) is 4.57 Å². The van der Waals surface area contributed by atoms with E-state index < -0.39 is 0 Å². The van der Waals surface area contributed by atoms with Crippen molar-refractivity contribution in [3.05, 3.63) is 218 Å². The second-order valence-corrected chi connectivity index (χ2v) is 13.9. The molecule has 0 amide bonds. The Morgan fingerprint density at radius 3 is 1.55 bits per heavy atom. The summed E-state index contributed by atoms with van der Waals surface area (Å²) in [7, 11) is 0. The van der Waals surface area contributed by atoms with Crippen molar-refractivity contribution < 1.29 is 4.39 Å². The predicted molar refractivity (Wildman–Crippen MR) is 229 cm³/mol. The van der Waals surface area contributed by atoms with Gasteiger partial charge in [0.05, 0.1) is 22.4 Å². The van der Waals surface area contributed by atoms with Crippen LogP contribution in [-0.4, -0.2) is 4.57 Å². The molecule has 0 aliphatic heterocycles. The summed E-state index contributed by atoms with van der Waals surface area (Å²) in [5.74, 6) is -0.241. The second kappa shape index (κ2) is 13.6. The summed E-state index contributed by atoms with van der Waals surface area (Å²) in [6.45, 7) is 0. The summed E-state index contributed by atoms with van der Waals surface area (Å²) in [5.41, 5.74) is 13.0. The van der Waals surface area contributed by atoms with Gasteiger partial charge in [0.1, 0.15) is 5.82 Å². The third-order valence-electron chi connectivity index (χ3n) is 10.7. The highest BCUT2D eigenvalue weighted by Crippen LogP contribution is 2.43. The lowest BCUT2D eigenvalue weighted by Crippen LogP contribution is -2.13. The summed E-state index contributed by atoms with van der Waals surface area (Å²) < 4.78 is 16.8. The Hall–Kier alpha value is -7.23. The van der Waals surface area contributed by atoms with Gasteiger partial charge in [0.2, 0.25) is 0 Å². The number of nitrogens with zero attached hydrogens (tertiary/aromatic N) is 2. The van der Waals surface area contributed by atoms with Crippen LogP contribution in [0.15, 0.2) is 212 Å².